The van der Waals surface area contributed by atoms with Crippen LogP contribution >= 0.6 is 11.8 Å². The Bertz CT molecular complexity index is 1290. The van der Waals surface area contributed by atoms with Crippen LogP contribution in [0.5, 0.6) is 0 Å². The fraction of sp³-hybridized carbons (Fsp3) is 0. The summed E-state index contributed by atoms with van der Waals surface area (Å²) < 4.78 is 5.85. The maximum atomic E-state index is 10.9. The fourth-order valence-corrected chi connectivity index (χ4v) is 3.54. The Labute approximate surface area is 185 Å². The van der Waals surface area contributed by atoms with Crippen LogP contribution in [0.15, 0.2) is 98.2 Å². The van der Waals surface area contributed by atoms with Crippen molar-refractivity contribution < 1.29 is 14.3 Å². The van der Waals surface area contributed by atoms with Crippen molar-refractivity contribution in [3.8, 4) is 11.5 Å². The van der Waals surface area contributed by atoms with Crippen molar-refractivity contribution in [3.63, 3.8) is 0 Å². The first-order valence-electron chi connectivity index (χ1n) is 9.27. The van der Waals surface area contributed by atoms with E-state index in [2.05, 4.69) is 9.98 Å². The van der Waals surface area contributed by atoms with Gasteiger partial charge in [-0.05, 0) is 42.0 Å². The largest absolute Gasteiger partial charge is 0.417 e. The number of aliphatic imine (C=N–C) groups is 1. The third kappa shape index (κ3) is 4.87. The molecule has 0 N–H and O–H groups in total. The molecule has 0 fully saturated rings. The molecule has 0 saturated carbocycles. The van der Waals surface area contributed by atoms with E-state index in [-0.39, 0.29) is 23.1 Å². The Kier molecular flexibility index (Phi) is 6.04. The van der Waals surface area contributed by atoms with Crippen LogP contribution in [0.1, 0.15) is 5.56 Å². The van der Waals surface area contributed by atoms with Crippen LogP contribution in [0.3, 0.4) is 0 Å². The number of nitro groups is 2. The van der Waals surface area contributed by atoms with Gasteiger partial charge >= 0.3 is 0 Å². The van der Waals surface area contributed by atoms with Crippen LogP contribution in [0.2, 0.25) is 0 Å². The molecular formula is C22H14N4O5S. The molecule has 0 radical (unpaired) electrons. The van der Waals surface area contributed by atoms with Crippen molar-refractivity contribution in [3.05, 3.63) is 105 Å². The second-order valence-corrected chi connectivity index (χ2v) is 7.52. The molecule has 0 saturated heterocycles. The monoisotopic (exact) mass is 446 g/mol. The van der Waals surface area contributed by atoms with Gasteiger partial charge in [0.25, 0.3) is 17.3 Å². The lowest BCUT2D eigenvalue weighted by Gasteiger charge is -1.97. The molecule has 10 heteroatoms. The summed E-state index contributed by atoms with van der Waals surface area (Å²) in [7, 11) is 0. The Balaban J connectivity index is 1.67. The van der Waals surface area contributed by atoms with Crippen molar-refractivity contribution >= 4 is 35.2 Å². The third-order valence-corrected chi connectivity index (χ3v) is 5.26. The van der Waals surface area contributed by atoms with Gasteiger partial charge in [-0.1, -0.05) is 30.0 Å². The van der Waals surface area contributed by atoms with E-state index in [0.717, 1.165) is 4.90 Å². The summed E-state index contributed by atoms with van der Waals surface area (Å²) in [6, 6.07) is 21.4. The van der Waals surface area contributed by atoms with Gasteiger partial charge in [-0.3, -0.25) is 20.2 Å². The van der Waals surface area contributed by atoms with Crippen LogP contribution in [-0.2, 0) is 0 Å². The molecule has 9 nitrogen and oxygen atoms in total. The molecule has 0 aliphatic rings. The van der Waals surface area contributed by atoms with Gasteiger partial charge in [0.05, 0.1) is 9.85 Å². The SMILES string of the molecule is O=[N+]([O-])c1ccc(C=Nc2oc(-c3ccc([N+](=O)[O-])cc3)nc2Sc2ccccc2)cc1. The maximum Gasteiger partial charge on any atom is 0.269 e. The van der Waals surface area contributed by atoms with Crippen molar-refractivity contribution in [1.29, 1.82) is 0 Å². The summed E-state index contributed by atoms with van der Waals surface area (Å²) in [6.07, 6.45) is 1.53. The molecular weight excluding hydrogens is 432 g/mol. The molecule has 4 rings (SSSR count). The highest BCUT2D eigenvalue weighted by Crippen LogP contribution is 2.38. The van der Waals surface area contributed by atoms with E-state index in [1.807, 2.05) is 30.3 Å². The smallest absolute Gasteiger partial charge is 0.269 e. The molecule has 0 spiro atoms. The number of non-ortho nitro benzene ring substituents is 2. The zero-order chi connectivity index (χ0) is 22.5. The summed E-state index contributed by atoms with van der Waals surface area (Å²) in [5.41, 5.74) is 1.18. The van der Waals surface area contributed by atoms with E-state index in [0.29, 0.717) is 16.2 Å². The lowest BCUT2D eigenvalue weighted by atomic mass is 10.2. The number of aromatic nitrogens is 1. The van der Waals surface area contributed by atoms with E-state index in [1.54, 1.807) is 24.3 Å². The van der Waals surface area contributed by atoms with Gasteiger partial charge in [0.15, 0.2) is 5.03 Å². The topological polar surface area (TPSA) is 125 Å². The minimum Gasteiger partial charge on any atom is -0.417 e. The fourth-order valence-electron chi connectivity index (χ4n) is 2.71. The molecule has 4 aromatic rings. The molecule has 0 aliphatic heterocycles. The summed E-state index contributed by atoms with van der Waals surface area (Å²) >= 11 is 1.36. The van der Waals surface area contributed by atoms with Gasteiger partial charge in [-0.2, -0.15) is 4.98 Å². The summed E-state index contributed by atoms with van der Waals surface area (Å²) in [6.45, 7) is 0. The third-order valence-electron chi connectivity index (χ3n) is 4.30. The number of nitro benzene ring substituents is 2. The second-order valence-electron chi connectivity index (χ2n) is 6.46. The minimum absolute atomic E-state index is 0.0115. The van der Waals surface area contributed by atoms with Crippen LogP contribution in [0.4, 0.5) is 17.3 Å². The van der Waals surface area contributed by atoms with Crippen molar-refractivity contribution in [1.82, 2.24) is 4.98 Å². The Morgan fingerprint density at radius 3 is 2.03 bits per heavy atom. The van der Waals surface area contributed by atoms with Gasteiger partial charge in [-0.25, -0.2) is 4.99 Å². The molecule has 158 valence electrons. The van der Waals surface area contributed by atoms with Crippen LogP contribution in [0.25, 0.3) is 11.5 Å². The van der Waals surface area contributed by atoms with Crippen LogP contribution < -0.4 is 0 Å². The minimum atomic E-state index is -0.476. The summed E-state index contributed by atoms with van der Waals surface area (Å²) in [5, 5.41) is 22.2. The average Bonchev–Trinajstić information content (AvgIpc) is 3.21. The van der Waals surface area contributed by atoms with E-state index in [1.165, 1.54) is 42.2 Å². The normalized spacial score (nSPS) is 11.0. The van der Waals surface area contributed by atoms with Gasteiger partial charge in [-0.15, -0.1) is 0 Å². The summed E-state index contributed by atoms with van der Waals surface area (Å²) in [4.78, 5) is 30.6. The molecule has 32 heavy (non-hydrogen) atoms. The molecule has 0 unspecified atom stereocenters. The molecule has 0 aliphatic carbocycles. The van der Waals surface area contributed by atoms with Gasteiger partial charge in [0.1, 0.15) is 0 Å². The molecule has 3 aromatic carbocycles. The quantitative estimate of drug-likeness (QED) is 0.192. The molecule has 0 bridgehead atoms. The van der Waals surface area contributed by atoms with E-state index >= 15 is 0 Å². The first-order chi connectivity index (χ1) is 15.5. The average molecular weight is 446 g/mol. The Morgan fingerprint density at radius 1 is 0.844 bits per heavy atom. The van der Waals surface area contributed by atoms with Crippen LogP contribution in [-0.4, -0.2) is 21.0 Å². The zero-order valence-corrected chi connectivity index (χ0v) is 17.1. The Morgan fingerprint density at radius 2 is 1.44 bits per heavy atom. The number of benzene rings is 3. The van der Waals surface area contributed by atoms with E-state index < -0.39 is 9.85 Å². The number of oxazole rings is 1. The summed E-state index contributed by atoms with van der Waals surface area (Å²) in [5.74, 6) is 0.528. The first-order valence-corrected chi connectivity index (χ1v) is 10.1. The number of hydrogen-bond donors (Lipinski definition) is 0. The van der Waals surface area contributed by atoms with Gasteiger partial charge in [0, 0.05) is 40.9 Å². The predicted octanol–water partition coefficient (Wildman–Crippen LogP) is 6.06. The highest BCUT2D eigenvalue weighted by atomic mass is 32.2. The van der Waals surface area contributed by atoms with E-state index in [4.69, 9.17) is 4.42 Å². The standard InChI is InChI=1S/C22H14N4O5S/c27-25(28)17-10-6-15(7-11-17)14-23-21-22(32-19-4-2-1-3-5-19)24-20(31-21)16-8-12-18(13-9-16)26(29)30/h1-14H. The number of rotatable bonds is 7. The lowest BCUT2D eigenvalue weighted by molar-refractivity contribution is -0.385. The van der Waals surface area contributed by atoms with Crippen molar-refractivity contribution in [2.75, 3.05) is 0 Å². The Hall–Kier alpha value is -4.31. The van der Waals surface area contributed by atoms with Crippen molar-refractivity contribution in [2.24, 2.45) is 4.99 Å². The van der Waals surface area contributed by atoms with Gasteiger partial charge in [0.2, 0.25) is 5.89 Å². The molecule has 1 heterocycles. The molecule has 0 amide bonds. The van der Waals surface area contributed by atoms with Crippen molar-refractivity contribution in [2.45, 2.75) is 9.92 Å². The lowest BCUT2D eigenvalue weighted by Crippen LogP contribution is -1.88. The molecule has 0 atom stereocenters. The van der Waals surface area contributed by atoms with Crippen LogP contribution in [0, 0.1) is 20.2 Å². The zero-order valence-electron chi connectivity index (χ0n) is 16.3. The highest BCUT2D eigenvalue weighted by Gasteiger charge is 2.16. The number of nitrogens with zero attached hydrogens (tertiary/aromatic N) is 4. The van der Waals surface area contributed by atoms with Gasteiger partial charge < -0.3 is 4.42 Å². The second kappa shape index (κ2) is 9.23. The van der Waals surface area contributed by atoms with E-state index in [9.17, 15) is 20.2 Å². The highest BCUT2D eigenvalue weighted by molar-refractivity contribution is 7.99. The number of hydrogen-bond acceptors (Lipinski definition) is 8. The maximum absolute atomic E-state index is 10.9. The first kappa shape index (κ1) is 20.9. The molecule has 1 aromatic heterocycles. The predicted molar refractivity (Wildman–Crippen MR) is 120 cm³/mol.